The number of nitrogen functional groups attached to an aromatic ring is 1. The van der Waals surface area contributed by atoms with Crippen LogP contribution < -0.4 is 15.8 Å². The van der Waals surface area contributed by atoms with Crippen LogP contribution in [-0.4, -0.2) is 12.5 Å². The predicted molar refractivity (Wildman–Crippen MR) is 81.1 cm³/mol. The number of anilines is 2. The Morgan fingerprint density at radius 3 is 2.81 bits per heavy atom. The number of hydrogen-bond acceptors (Lipinski definition) is 3. The zero-order chi connectivity index (χ0) is 15.4. The van der Waals surface area contributed by atoms with Gasteiger partial charge in [0.2, 0.25) is 0 Å². The third-order valence-corrected chi connectivity index (χ3v) is 3.09. The molecule has 2 rings (SSSR count). The molecule has 0 heterocycles. The maximum absolute atomic E-state index is 13.1. The van der Waals surface area contributed by atoms with E-state index in [4.69, 9.17) is 22.1 Å². The number of nitrogens with two attached hydrogens (primary N) is 1. The molecule has 0 aliphatic rings. The summed E-state index contributed by atoms with van der Waals surface area (Å²) in [6, 6.07) is 8.91. The van der Waals surface area contributed by atoms with E-state index in [9.17, 15) is 9.18 Å². The first-order chi connectivity index (χ1) is 9.95. The average Bonchev–Trinajstić information content (AvgIpc) is 2.43. The molecule has 0 spiro atoms. The normalized spacial score (nSPS) is 10.2. The van der Waals surface area contributed by atoms with Gasteiger partial charge in [0, 0.05) is 11.8 Å². The summed E-state index contributed by atoms with van der Waals surface area (Å²) in [5, 5.41) is 2.93. The molecule has 1 amide bonds. The molecule has 0 unspecified atom stereocenters. The van der Waals surface area contributed by atoms with Crippen molar-refractivity contribution in [3.05, 3.63) is 52.8 Å². The molecular formula is C15H14ClFN2O2. The molecule has 2 aromatic carbocycles. The molecule has 0 saturated carbocycles. The van der Waals surface area contributed by atoms with Gasteiger partial charge in [-0.15, -0.1) is 0 Å². The Balaban J connectivity index is 1.97. The molecule has 3 N–H and O–H groups in total. The van der Waals surface area contributed by atoms with E-state index in [1.54, 1.807) is 25.1 Å². The van der Waals surface area contributed by atoms with E-state index in [1.807, 2.05) is 0 Å². The van der Waals surface area contributed by atoms with Crippen LogP contribution in [0.4, 0.5) is 15.8 Å². The maximum Gasteiger partial charge on any atom is 0.262 e. The summed E-state index contributed by atoms with van der Waals surface area (Å²) in [7, 11) is 0. The largest absolute Gasteiger partial charge is 0.483 e. The van der Waals surface area contributed by atoms with Crippen LogP contribution in [-0.2, 0) is 4.79 Å². The fourth-order valence-electron chi connectivity index (χ4n) is 1.69. The van der Waals surface area contributed by atoms with Crippen LogP contribution in [0.3, 0.4) is 0 Å². The van der Waals surface area contributed by atoms with E-state index in [1.165, 1.54) is 18.2 Å². The third kappa shape index (κ3) is 4.10. The molecule has 0 radical (unpaired) electrons. The molecule has 0 bridgehead atoms. The molecule has 0 aliphatic heterocycles. The molecular weight excluding hydrogens is 295 g/mol. The highest BCUT2D eigenvalue weighted by molar-refractivity contribution is 6.34. The maximum atomic E-state index is 13.1. The molecule has 110 valence electrons. The van der Waals surface area contributed by atoms with Crippen molar-refractivity contribution in [2.24, 2.45) is 0 Å². The molecule has 2 aromatic rings. The number of carbonyl (C=O) groups is 1. The summed E-state index contributed by atoms with van der Waals surface area (Å²) in [6.45, 7) is 1.52. The molecule has 0 saturated heterocycles. The number of aryl methyl sites for hydroxylation is 1. The van der Waals surface area contributed by atoms with Gasteiger partial charge in [-0.05, 0) is 36.8 Å². The SMILES string of the molecule is Cc1ccc(F)cc1OCC(=O)Nc1ccc(N)cc1Cl. The lowest BCUT2D eigenvalue weighted by atomic mass is 10.2. The van der Waals surface area contributed by atoms with Crippen molar-refractivity contribution in [3.8, 4) is 5.75 Å². The van der Waals surface area contributed by atoms with E-state index in [-0.39, 0.29) is 6.61 Å². The summed E-state index contributed by atoms with van der Waals surface area (Å²) in [6.07, 6.45) is 0. The second-order valence-corrected chi connectivity index (χ2v) is 4.89. The van der Waals surface area contributed by atoms with Crippen LogP contribution in [0.5, 0.6) is 5.75 Å². The molecule has 0 fully saturated rings. The highest BCUT2D eigenvalue weighted by Crippen LogP contribution is 2.24. The van der Waals surface area contributed by atoms with E-state index in [0.717, 1.165) is 5.56 Å². The minimum Gasteiger partial charge on any atom is -0.483 e. The monoisotopic (exact) mass is 308 g/mol. The first-order valence-corrected chi connectivity index (χ1v) is 6.57. The fraction of sp³-hybridized carbons (Fsp3) is 0.133. The molecule has 6 heteroatoms. The van der Waals surface area contributed by atoms with Gasteiger partial charge in [0.1, 0.15) is 11.6 Å². The molecule has 21 heavy (non-hydrogen) atoms. The number of benzene rings is 2. The van der Waals surface area contributed by atoms with Gasteiger partial charge in [-0.2, -0.15) is 0 Å². The van der Waals surface area contributed by atoms with Crippen LogP contribution in [0, 0.1) is 12.7 Å². The van der Waals surface area contributed by atoms with Crippen molar-refractivity contribution in [3.63, 3.8) is 0 Å². The van der Waals surface area contributed by atoms with E-state index in [0.29, 0.717) is 22.1 Å². The lowest BCUT2D eigenvalue weighted by Gasteiger charge is -2.10. The summed E-state index contributed by atoms with van der Waals surface area (Å²) < 4.78 is 18.4. The number of carbonyl (C=O) groups excluding carboxylic acids is 1. The van der Waals surface area contributed by atoms with E-state index in [2.05, 4.69) is 5.32 Å². The van der Waals surface area contributed by atoms with E-state index >= 15 is 0 Å². The Morgan fingerprint density at radius 2 is 2.10 bits per heavy atom. The Kier molecular flexibility index (Phi) is 4.65. The molecule has 0 aromatic heterocycles. The van der Waals surface area contributed by atoms with E-state index < -0.39 is 11.7 Å². The van der Waals surface area contributed by atoms with Gasteiger partial charge >= 0.3 is 0 Å². The minimum atomic E-state index is -0.419. The summed E-state index contributed by atoms with van der Waals surface area (Å²) in [5.41, 5.74) is 7.26. The predicted octanol–water partition coefficient (Wildman–Crippen LogP) is 3.39. The molecule has 0 aliphatic carbocycles. The van der Waals surface area contributed by atoms with Crippen molar-refractivity contribution < 1.29 is 13.9 Å². The van der Waals surface area contributed by atoms with Crippen LogP contribution in [0.1, 0.15) is 5.56 Å². The van der Waals surface area contributed by atoms with Crippen LogP contribution >= 0.6 is 11.6 Å². The van der Waals surface area contributed by atoms with Gasteiger partial charge in [0.25, 0.3) is 5.91 Å². The Morgan fingerprint density at radius 1 is 1.33 bits per heavy atom. The quantitative estimate of drug-likeness (QED) is 0.851. The number of amides is 1. The average molecular weight is 309 g/mol. The number of halogens is 2. The Hall–Kier alpha value is -2.27. The van der Waals surface area contributed by atoms with Gasteiger partial charge in [-0.25, -0.2) is 4.39 Å². The van der Waals surface area contributed by atoms with Gasteiger partial charge in [0.15, 0.2) is 6.61 Å². The van der Waals surface area contributed by atoms with Gasteiger partial charge in [-0.3, -0.25) is 4.79 Å². The van der Waals surface area contributed by atoms with Crippen molar-refractivity contribution in [2.75, 3.05) is 17.7 Å². The molecule has 0 atom stereocenters. The van der Waals surface area contributed by atoms with Crippen molar-refractivity contribution in [1.82, 2.24) is 0 Å². The highest BCUT2D eigenvalue weighted by Gasteiger charge is 2.08. The minimum absolute atomic E-state index is 0.245. The molecule has 4 nitrogen and oxygen atoms in total. The number of nitrogens with one attached hydrogen (secondary N) is 1. The first kappa shape index (κ1) is 15.1. The summed E-state index contributed by atoms with van der Waals surface area (Å²) >= 11 is 5.95. The van der Waals surface area contributed by atoms with Crippen LogP contribution in [0.2, 0.25) is 5.02 Å². The second kappa shape index (κ2) is 6.45. The zero-order valence-corrected chi connectivity index (χ0v) is 12.1. The first-order valence-electron chi connectivity index (χ1n) is 6.19. The fourth-order valence-corrected chi connectivity index (χ4v) is 1.93. The lowest BCUT2D eigenvalue weighted by molar-refractivity contribution is -0.118. The zero-order valence-electron chi connectivity index (χ0n) is 11.3. The van der Waals surface area contributed by atoms with Crippen molar-refractivity contribution in [2.45, 2.75) is 6.92 Å². The van der Waals surface area contributed by atoms with Crippen molar-refractivity contribution in [1.29, 1.82) is 0 Å². The Bertz CT molecular complexity index is 677. The lowest BCUT2D eigenvalue weighted by Crippen LogP contribution is -2.20. The highest BCUT2D eigenvalue weighted by atomic mass is 35.5. The van der Waals surface area contributed by atoms with Gasteiger partial charge in [0.05, 0.1) is 10.7 Å². The van der Waals surface area contributed by atoms with Crippen molar-refractivity contribution >= 4 is 28.9 Å². The summed E-state index contributed by atoms with van der Waals surface area (Å²) in [4.78, 5) is 11.8. The second-order valence-electron chi connectivity index (χ2n) is 4.49. The van der Waals surface area contributed by atoms with Crippen LogP contribution in [0.15, 0.2) is 36.4 Å². The van der Waals surface area contributed by atoms with Gasteiger partial charge < -0.3 is 15.8 Å². The van der Waals surface area contributed by atoms with Gasteiger partial charge in [-0.1, -0.05) is 17.7 Å². The number of hydrogen-bond donors (Lipinski definition) is 2. The smallest absolute Gasteiger partial charge is 0.262 e. The summed E-state index contributed by atoms with van der Waals surface area (Å²) in [5.74, 6) is -0.489. The number of rotatable bonds is 4. The number of ether oxygens (including phenoxy) is 1. The Labute approximate surface area is 126 Å². The van der Waals surface area contributed by atoms with Crippen LogP contribution in [0.25, 0.3) is 0 Å². The topological polar surface area (TPSA) is 64.3 Å². The third-order valence-electron chi connectivity index (χ3n) is 2.78. The standard InChI is InChI=1S/C15H14ClFN2O2/c1-9-2-3-10(17)6-14(9)21-8-15(20)19-13-5-4-11(18)7-12(13)16/h2-7H,8,18H2,1H3,(H,19,20).